The number of thiazole rings is 1. The predicted octanol–water partition coefficient (Wildman–Crippen LogP) is 3.34. The van der Waals surface area contributed by atoms with Crippen molar-refractivity contribution in [3.8, 4) is 0 Å². The van der Waals surface area contributed by atoms with Crippen molar-refractivity contribution in [2.75, 3.05) is 33.2 Å². The molecule has 0 aliphatic carbocycles. The summed E-state index contributed by atoms with van der Waals surface area (Å²) in [5, 5.41) is 4.07. The summed E-state index contributed by atoms with van der Waals surface area (Å²) in [6.45, 7) is 8.31. The zero-order valence-corrected chi connectivity index (χ0v) is 15.5. The number of hydrogen-bond acceptors (Lipinski definition) is 4. The van der Waals surface area contributed by atoms with E-state index in [1.807, 2.05) is 32.2 Å². The first-order valence-corrected chi connectivity index (χ1v) is 9.48. The summed E-state index contributed by atoms with van der Waals surface area (Å²) >= 11 is 1.66. The van der Waals surface area contributed by atoms with Gasteiger partial charge in [-0.25, -0.2) is 9.78 Å². The Morgan fingerprint density at radius 2 is 2.29 bits per heavy atom. The number of benzene rings is 1. The number of rotatable bonds is 5. The molecule has 0 spiro atoms. The van der Waals surface area contributed by atoms with E-state index < -0.39 is 0 Å². The molecule has 0 radical (unpaired) electrons. The summed E-state index contributed by atoms with van der Waals surface area (Å²) in [5.41, 5.74) is 1.00. The average Bonchev–Trinajstić information content (AvgIpc) is 3.24. The molecule has 5 nitrogen and oxygen atoms in total. The van der Waals surface area contributed by atoms with Crippen molar-refractivity contribution in [2.24, 2.45) is 5.92 Å². The van der Waals surface area contributed by atoms with Gasteiger partial charge in [-0.1, -0.05) is 19.1 Å². The Hall–Kier alpha value is -1.66. The molecular formula is C18H26N4OS. The van der Waals surface area contributed by atoms with Crippen LogP contribution >= 0.6 is 11.3 Å². The molecule has 24 heavy (non-hydrogen) atoms. The van der Waals surface area contributed by atoms with E-state index in [1.165, 1.54) is 11.1 Å². The van der Waals surface area contributed by atoms with Crippen molar-refractivity contribution >= 4 is 27.6 Å². The first-order valence-electron chi connectivity index (χ1n) is 8.67. The lowest BCUT2D eigenvalue weighted by atomic mass is 10.1. The lowest BCUT2D eigenvalue weighted by molar-refractivity contribution is 0.192. The molecule has 2 aromatic rings. The summed E-state index contributed by atoms with van der Waals surface area (Å²) in [7, 11) is 1.85. The minimum absolute atomic E-state index is 0.0169. The highest BCUT2D eigenvalue weighted by Gasteiger charge is 2.24. The second kappa shape index (κ2) is 7.49. The zero-order valence-electron chi connectivity index (χ0n) is 14.7. The van der Waals surface area contributed by atoms with Gasteiger partial charge in [0.15, 0.2) is 0 Å². The van der Waals surface area contributed by atoms with Crippen molar-refractivity contribution in [1.82, 2.24) is 20.1 Å². The number of para-hydroxylation sites is 1. The Morgan fingerprint density at radius 1 is 1.50 bits per heavy atom. The number of urea groups is 1. The van der Waals surface area contributed by atoms with Crippen LogP contribution in [-0.2, 0) is 0 Å². The van der Waals surface area contributed by atoms with Crippen molar-refractivity contribution in [3.05, 3.63) is 29.3 Å². The maximum atomic E-state index is 12.5. The Bertz CT molecular complexity index is 668. The molecule has 0 saturated carbocycles. The fraction of sp³-hybridized carbons (Fsp3) is 0.556. The molecule has 1 fully saturated rings. The summed E-state index contributed by atoms with van der Waals surface area (Å²) < 4.78 is 1.17. The molecule has 0 bridgehead atoms. The number of nitrogens with one attached hydrogen (secondary N) is 1. The Kier molecular flexibility index (Phi) is 5.36. The van der Waals surface area contributed by atoms with Crippen LogP contribution in [0.25, 0.3) is 10.2 Å². The molecule has 130 valence electrons. The molecule has 1 saturated heterocycles. The topological polar surface area (TPSA) is 48.5 Å². The largest absolute Gasteiger partial charge is 0.338 e. The van der Waals surface area contributed by atoms with Gasteiger partial charge >= 0.3 is 6.03 Å². The third-order valence-electron chi connectivity index (χ3n) is 4.93. The van der Waals surface area contributed by atoms with Gasteiger partial charge in [0.1, 0.15) is 5.01 Å². The van der Waals surface area contributed by atoms with E-state index in [4.69, 9.17) is 0 Å². The van der Waals surface area contributed by atoms with Gasteiger partial charge in [-0.05, 0) is 44.5 Å². The molecule has 1 aliphatic rings. The SMILES string of the molecule is CCN1CCC(CNC(=O)N(C)C(C)c2nc3ccccc3s2)C1. The molecule has 6 heteroatoms. The van der Waals surface area contributed by atoms with E-state index in [1.54, 1.807) is 16.2 Å². The summed E-state index contributed by atoms with van der Waals surface area (Å²) in [5.74, 6) is 0.569. The quantitative estimate of drug-likeness (QED) is 0.903. The van der Waals surface area contributed by atoms with Gasteiger partial charge < -0.3 is 15.1 Å². The highest BCUT2D eigenvalue weighted by Crippen LogP contribution is 2.28. The molecule has 2 unspecified atom stereocenters. The molecule has 2 heterocycles. The van der Waals surface area contributed by atoms with Gasteiger partial charge in [-0.15, -0.1) is 11.3 Å². The van der Waals surface area contributed by atoms with E-state index >= 15 is 0 Å². The smallest absolute Gasteiger partial charge is 0.317 e. The number of hydrogen-bond donors (Lipinski definition) is 1. The number of likely N-dealkylation sites (tertiary alicyclic amines) is 1. The van der Waals surface area contributed by atoms with Crippen molar-refractivity contribution in [2.45, 2.75) is 26.3 Å². The predicted molar refractivity (Wildman–Crippen MR) is 99.4 cm³/mol. The lowest BCUT2D eigenvalue weighted by Crippen LogP contribution is -2.41. The van der Waals surface area contributed by atoms with Crippen molar-refractivity contribution in [1.29, 1.82) is 0 Å². The molecule has 1 aromatic heterocycles. The van der Waals surface area contributed by atoms with E-state index in [0.717, 1.165) is 36.7 Å². The van der Waals surface area contributed by atoms with Gasteiger partial charge in [0.05, 0.1) is 16.3 Å². The number of nitrogens with zero attached hydrogens (tertiary/aromatic N) is 3. The molecule has 3 rings (SSSR count). The van der Waals surface area contributed by atoms with Crippen LogP contribution in [0.3, 0.4) is 0 Å². The van der Waals surface area contributed by atoms with Crippen LogP contribution in [-0.4, -0.2) is 54.0 Å². The van der Waals surface area contributed by atoms with E-state index in [0.29, 0.717) is 5.92 Å². The number of carbonyl (C=O) groups excluding carboxylic acids is 1. The monoisotopic (exact) mass is 346 g/mol. The zero-order chi connectivity index (χ0) is 17.1. The Morgan fingerprint density at radius 3 is 3.00 bits per heavy atom. The van der Waals surface area contributed by atoms with Gasteiger partial charge in [0.2, 0.25) is 0 Å². The molecule has 1 aromatic carbocycles. The highest BCUT2D eigenvalue weighted by molar-refractivity contribution is 7.18. The second-order valence-electron chi connectivity index (χ2n) is 6.54. The molecule has 1 aliphatic heterocycles. The fourth-order valence-corrected chi connectivity index (χ4v) is 4.20. The van der Waals surface area contributed by atoms with Gasteiger partial charge in [-0.3, -0.25) is 0 Å². The summed E-state index contributed by atoms with van der Waals surface area (Å²) in [4.78, 5) is 21.3. The normalized spacial score (nSPS) is 19.5. The van der Waals surface area contributed by atoms with Gasteiger partial charge in [-0.2, -0.15) is 0 Å². The maximum Gasteiger partial charge on any atom is 0.317 e. The van der Waals surface area contributed by atoms with E-state index in [9.17, 15) is 4.79 Å². The number of amides is 2. The van der Waals surface area contributed by atoms with Crippen LogP contribution < -0.4 is 5.32 Å². The average molecular weight is 347 g/mol. The minimum atomic E-state index is -0.0295. The lowest BCUT2D eigenvalue weighted by Gasteiger charge is -2.24. The number of aromatic nitrogens is 1. The number of fused-ring (bicyclic) bond motifs is 1. The summed E-state index contributed by atoms with van der Waals surface area (Å²) in [6.07, 6.45) is 1.17. The molecule has 2 atom stereocenters. The molecular weight excluding hydrogens is 320 g/mol. The standard InChI is InChI=1S/C18H26N4OS/c1-4-22-10-9-14(12-22)11-19-18(23)21(3)13(2)17-20-15-7-5-6-8-16(15)24-17/h5-8,13-14H,4,9-12H2,1-3H3,(H,19,23). The van der Waals surface area contributed by atoms with Crippen molar-refractivity contribution < 1.29 is 4.79 Å². The van der Waals surface area contributed by atoms with Crippen LogP contribution in [0.4, 0.5) is 4.79 Å². The minimum Gasteiger partial charge on any atom is -0.338 e. The van der Waals surface area contributed by atoms with Crippen LogP contribution in [0.1, 0.15) is 31.3 Å². The van der Waals surface area contributed by atoms with Gasteiger partial charge in [0, 0.05) is 20.1 Å². The highest BCUT2D eigenvalue weighted by atomic mass is 32.1. The van der Waals surface area contributed by atoms with Gasteiger partial charge in [0.25, 0.3) is 0 Å². The first kappa shape index (κ1) is 17.2. The third-order valence-corrected chi connectivity index (χ3v) is 6.13. The Labute approximate surface area is 147 Å². The Balaban J connectivity index is 1.56. The van der Waals surface area contributed by atoms with Crippen LogP contribution in [0.15, 0.2) is 24.3 Å². The molecule has 1 N–H and O–H groups in total. The van der Waals surface area contributed by atoms with E-state index in [-0.39, 0.29) is 12.1 Å². The van der Waals surface area contributed by atoms with E-state index in [2.05, 4.69) is 28.2 Å². The van der Waals surface area contributed by atoms with Crippen LogP contribution in [0.2, 0.25) is 0 Å². The first-order chi connectivity index (χ1) is 11.6. The second-order valence-corrected chi connectivity index (χ2v) is 7.60. The summed E-state index contributed by atoms with van der Waals surface area (Å²) in [6, 6.07) is 8.06. The maximum absolute atomic E-state index is 12.5. The fourth-order valence-electron chi connectivity index (χ4n) is 3.13. The molecule has 2 amide bonds. The van der Waals surface area contributed by atoms with Crippen LogP contribution in [0.5, 0.6) is 0 Å². The van der Waals surface area contributed by atoms with Crippen molar-refractivity contribution in [3.63, 3.8) is 0 Å². The van der Waals surface area contributed by atoms with Crippen LogP contribution in [0, 0.1) is 5.92 Å². The third kappa shape index (κ3) is 3.70. The number of carbonyl (C=O) groups is 1.